The maximum Gasteiger partial charge on any atom is 0.244 e. The van der Waals surface area contributed by atoms with Gasteiger partial charge < -0.3 is 24.4 Å². The highest BCUT2D eigenvalue weighted by atomic mass is 35.5. The van der Waals surface area contributed by atoms with Gasteiger partial charge in [-0.15, -0.1) is 0 Å². The third kappa shape index (κ3) is 4.62. The Balaban J connectivity index is 1.64. The molecular weight excluding hydrogens is 372 g/mol. The second-order valence-electron chi connectivity index (χ2n) is 5.96. The molecule has 0 radical (unpaired) electrons. The molecule has 2 aromatic carbocycles. The summed E-state index contributed by atoms with van der Waals surface area (Å²) >= 11 is 6.06. The van der Waals surface area contributed by atoms with Crippen molar-refractivity contribution in [2.45, 2.75) is 13.5 Å². The molecule has 8 heteroatoms. The Morgan fingerprint density at radius 1 is 1.19 bits per heavy atom. The van der Waals surface area contributed by atoms with E-state index in [1.165, 1.54) is 18.9 Å². The predicted octanol–water partition coefficient (Wildman–Crippen LogP) is 3.06. The van der Waals surface area contributed by atoms with Crippen LogP contribution in [0.1, 0.15) is 12.5 Å². The molecule has 7 nitrogen and oxygen atoms in total. The summed E-state index contributed by atoms with van der Waals surface area (Å²) in [7, 11) is 1.51. The van der Waals surface area contributed by atoms with E-state index in [1.807, 2.05) is 6.07 Å². The van der Waals surface area contributed by atoms with Crippen LogP contribution in [0.15, 0.2) is 36.4 Å². The molecule has 0 atom stereocenters. The molecule has 0 aliphatic carbocycles. The van der Waals surface area contributed by atoms with E-state index in [-0.39, 0.29) is 31.7 Å². The number of amides is 2. The van der Waals surface area contributed by atoms with Crippen LogP contribution in [0.3, 0.4) is 0 Å². The second-order valence-corrected chi connectivity index (χ2v) is 6.37. The van der Waals surface area contributed by atoms with Crippen molar-refractivity contribution < 1.29 is 23.8 Å². The number of hydrogen-bond donors (Lipinski definition) is 1. The van der Waals surface area contributed by atoms with Crippen LogP contribution in [-0.2, 0) is 16.1 Å². The molecule has 27 heavy (non-hydrogen) atoms. The number of ether oxygens (including phenoxy) is 3. The highest BCUT2D eigenvalue weighted by molar-refractivity contribution is 6.32. The molecular formula is C19H19ClN2O5. The van der Waals surface area contributed by atoms with Crippen molar-refractivity contribution in [3.8, 4) is 17.2 Å². The van der Waals surface area contributed by atoms with E-state index in [0.29, 0.717) is 28.0 Å². The van der Waals surface area contributed by atoms with Crippen LogP contribution >= 0.6 is 11.6 Å². The summed E-state index contributed by atoms with van der Waals surface area (Å²) in [5.74, 6) is 1.28. The standard InChI is InChI=1S/C19H19ClN2O5/c1-12(23)22(9-13-3-5-17-18(7-13)27-11-26-17)10-19(24)21-14-4-6-16(25-2)15(20)8-14/h3-8H,9-11H2,1-2H3,(H,21,24). The van der Waals surface area contributed by atoms with Gasteiger partial charge in [-0.25, -0.2) is 0 Å². The highest BCUT2D eigenvalue weighted by Crippen LogP contribution is 2.33. The largest absolute Gasteiger partial charge is 0.495 e. The predicted molar refractivity (Wildman–Crippen MR) is 100 cm³/mol. The zero-order valence-corrected chi connectivity index (χ0v) is 15.7. The van der Waals surface area contributed by atoms with Gasteiger partial charge in [0.2, 0.25) is 18.6 Å². The molecule has 1 aliphatic heterocycles. The van der Waals surface area contributed by atoms with Crippen molar-refractivity contribution in [1.82, 2.24) is 4.90 Å². The fourth-order valence-electron chi connectivity index (χ4n) is 2.66. The number of benzene rings is 2. The van der Waals surface area contributed by atoms with Crippen LogP contribution in [0.4, 0.5) is 5.69 Å². The summed E-state index contributed by atoms with van der Waals surface area (Å²) in [6, 6.07) is 10.4. The topological polar surface area (TPSA) is 77.1 Å². The lowest BCUT2D eigenvalue weighted by Crippen LogP contribution is -2.36. The molecule has 0 fully saturated rings. The number of fused-ring (bicyclic) bond motifs is 1. The van der Waals surface area contributed by atoms with Crippen molar-refractivity contribution in [3.63, 3.8) is 0 Å². The number of rotatable bonds is 6. The maximum atomic E-state index is 12.3. The summed E-state index contributed by atoms with van der Waals surface area (Å²) in [4.78, 5) is 25.7. The smallest absolute Gasteiger partial charge is 0.244 e. The third-order valence-electron chi connectivity index (χ3n) is 4.03. The van der Waals surface area contributed by atoms with E-state index >= 15 is 0 Å². The number of nitrogens with zero attached hydrogens (tertiary/aromatic N) is 1. The van der Waals surface area contributed by atoms with Crippen molar-refractivity contribution in [2.75, 3.05) is 25.8 Å². The zero-order valence-electron chi connectivity index (χ0n) is 15.0. The van der Waals surface area contributed by atoms with Gasteiger partial charge in [-0.2, -0.15) is 0 Å². The molecule has 2 aromatic rings. The van der Waals surface area contributed by atoms with Gasteiger partial charge in [0.05, 0.1) is 12.1 Å². The Hall–Kier alpha value is -2.93. The van der Waals surface area contributed by atoms with Crippen LogP contribution < -0.4 is 19.5 Å². The van der Waals surface area contributed by atoms with Gasteiger partial charge in [0.15, 0.2) is 11.5 Å². The Morgan fingerprint density at radius 2 is 1.96 bits per heavy atom. The molecule has 1 aliphatic rings. The maximum absolute atomic E-state index is 12.3. The molecule has 0 spiro atoms. The molecule has 0 bridgehead atoms. The van der Waals surface area contributed by atoms with E-state index in [9.17, 15) is 9.59 Å². The fraction of sp³-hybridized carbons (Fsp3) is 0.263. The summed E-state index contributed by atoms with van der Waals surface area (Å²) in [6.45, 7) is 1.79. The van der Waals surface area contributed by atoms with Crippen LogP contribution in [0.25, 0.3) is 0 Å². The molecule has 1 N–H and O–H groups in total. The number of anilines is 1. The lowest BCUT2D eigenvalue weighted by atomic mass is 10.2. The fourth-order valence-corrected chi connectivity index (χ4v) is 2.91. The monoisotopic (exact) mass is 390 g/mol. The Bertz CT molecular complexity index is 871. The first-order chi connectivity index (χ1) is 13.0. The third-order valence-corrected chi connectivity index (χ3v) is 4.32. The summed E-state index contributed by atoms with van der Waals surface area (Å²) < 4.78 is 15.7. The summed E-state index contributed by atoms with van der Waals surface area (Å²) in [5.41, 5.74) is 1.37. The van der Waals surface area contributed by atoms with E-state index in [1.54, 1.807) is 30.3 Å². The first-order valence-corrected chi connectivity index (χ1v) is 8.61. The molecule has 0 aromatic heterocycles. The zero-order chi connectivity index (χ0) is 19.4. The van der Waals surface area contributed by atoms with Gasteiger partial charge in [-0.1, -0.05) is 17.7 Å². The lowest BCUT2D eigenvalue weighted by Gasteiger charge is -2.21. The lowest BCUT2D eigenvalue weighted by molar-refractivity contribution is -0.133. The van der Waals surface area contributed by atoms with Crippen molar-refractivity contribution >= 4 is 29.1 Å². The van der Waals surface area contributed by atoms with Crippen LogP contribution in [0.5, 0.6) is 17.2 Å². The van der Waals surface area contributed by atoms with Gasteiger partial charge in [0.1, 0.15) is 12.3 Å². The molecule has 142 valence electrons. The van der Waals surface area contributed by atoms with Gasteiger partial charge >= 0.3 is 0 Å². The molecule has 3 rings (SSSR count). The van der Waals surface area contributed by atoms with E-state index in [0.717, 1.165) is 5.56 Å². The Morgan fingerprint density at radius 3 is 2.67 bits per heavy atom. The Labute approximate surface area is 161 Å². The summed E-state index contributed by atoms with van der Waals surface area (Å²) in [5, 5.41) is 3.12. The van der Waals surface area contributed by atoms with E-state index in [4.69, 9.17) is 25.8 Å². The van der Waals surface area contributed by atoms with Gasteiger partial charge in [0.25, 0.3) is 0 Å². The van der Waals surface area contributed by atoms with E-state index in [2.05, 4.69) is 5.32 Å². The first-order valence-electron chi connectivity index (χ1n) is 8.23. The van der Waals surface area contributed by atoms with Crippen LogP contribution in [0, 0.1) is 0 Å². The average Bonchev–Trinajstić information content (AvgIpc) is 3.09. The van der Waals surface area contributed by atoms with E-state index < -0.39 is 0 Å². The average molecular weight is 391 g/mol. The number of halogens is 1. The summed E-state index contributed by atoms with van der Waals surface area (Å²) in [6.07, 6.45) is 0. The van der Waals surface area contributed by atoms with Gasteiger partial charge in [-0.3, -0.25) is 9.59 Å². The quantitative estimate of drug-likeness (QED) is 0.820. The van der Waals surface area contributed by atoms with Gasteiger partial charge in [0, 0.05) is 19.2 Å². The number of hydrogen-bond acceptors (Lipinski definition) is 5. The van der Waals surface area contributed by atoms with Crippen molar-refractivity contribution in [3.05, 3.63) is 47.0 Å². The van der Waals surface area contributed by atoms with Crippen molar-refractivity contribution in [2.24, 2.45) is 0 Å². The molecule has 0 saturated heterocycles. The number of nitrogens with one attached hydrogen (secondary N) is 1. The SMILES string of the molecule is COc1ccc(NC(=O)CN(Cc2ccc3c(c2)OCO3)C(C)=O)cc1Cl. The first kappa shape index (κ1) is 18.8. The minimum atomic E-state index is -0.327. The molecule has 2 amide bonds. The van der Waals surface area contributed by atoms with Crippen molar-refractivity contribution in [1.29, 1.82) is 0 Å². The second kappa shape index (κ2) is 8.18. The number of methoxy groups -OCH3 is 1. The minimum absolute atomic E-state index is 0.0899. The van der Waals surface area contributed by atoms with Gasteiger partial charge in [-0.05, 0) is 35.9 Å². The number of carbonyl (C=O) groups is 2. The molecule has 0 saturated carbocycles. The highest BCUT2D eigenvalue weighted by Gasteiger charge is 2.18. The number of carbonyl (C=O) groups excluding carboxylic acids is 2. The molecule has 0 unspecified atom stereocenters. The molecule has 1 heterocycles. The van der Waals surface area contributed by atoms with Crippen LogP contribution in [0.2, 0.25) is 5.02 Å². The van der Waals surface area contributed by atoms with Crippen LogP contribution in [-0.4, -0.2) is 37.2 Å². The minimum Gasteiger partial charge on any atom is -0.495 e. The normalized spacial score (nSPS) is 11.8. The Kier molecular flexibility index (Phi) is 5.71.